The standard InChI is InChI=1S/C18H14F2O2/c19-15-6-1-12(2-7-15)18(11-14(18)5-10-17(21)22)13-3-8-16(20)9-4-13/h1-10,14H,11H2,(H,21,22)/b10-5+. The highest BCUT2D eigenvalue weighted by Gasteiger charge is 2.55. The van der Waals surface area contributed by atoms with Crippen LogP contribution < -0.4 is 0 Å². The molecule has 1 fully saturated rings. The minimum atomic E-state index is -1.00. The molecule has 3 rings (SSSR count). The smallest absolute Gasteiger partial charge is 0.327 e. The van der Waals surface area contributed by atoms with Crippen molar-refractivity contribution in [1.82, 2.24) is 0 Å². The summed E-state index contributed by atoms with van der Waals surface area (Å²) in [5.74, 6) is -1.65. The van der Waals surface area contributed by atoms with Crippen LogP contribution in [0.1, 0.15) is 17.5 Å². The Bertz CT molecular complexity index is 672. The second-order valence-electron chi connectivity index (χ2n) is 5.49. The average molecular weight is 300 g/mol. The summed E-state index contributed by atoms with van der Waals surface area (Å²) in [6.45, 7) is 0. The molecule has 0 bridgehead atoms. The van der Waals surface area contributed by atoms with Crippen molar-refractivity contribution in [3.8, 4) is 0 Å². The largest absolute Gasteiger partial charge is 0.478 e. The molecule has 1 unspecified atom stereocenters. The number of carboxylic acid groups (broad SMARTS) is 1. The summed E-state index contributed by atoms with van der Waals surface area (Å²) < 4.78 is 26.3. The maximum atomic E-state index is 13.2. The number of hydrogen-bond donors (Lipinski definition) is 1. The third-order valence-electron chi connectivity index (χ3n) is 4.20. The van der Waals surface area contributed by atoms with Gasteiger partial charge in [0, 0.05) is 11.5 Å². The lowest BCUT2D eigenvalue weighted by Crippen LogP contribution is -2.12. The van der Waals surface area contributed by atoms with Gasteiger partial charge in [-0.05, 0) is 47.7 Å². The number of carbonyl (C=O) groups is 1. The molecule has 0 heterocycles. The predicted octanol–water partition coefficient (Wildman–Crippen LogP) is 3.91. The minimum absolute atomic E-state index is 0.000442. The fraction of sp³-hybridized carbons (Fsp3) is 0.167. The lowest BCUT2D eigenvalue weighted by molar-refractivity contribution is -0.131. The predicted molar refractivity (Wildman–Crippen MR) is 78.5 cm³/mol. The van der Waals surface area contributed by atoms with Gasteiger partial charge in [-0.25, -0.2) is 13.6 Å². The zero-order valence-corrected chi connectivity index (χ0v) is 11.7. The van der Waals surface area contributed by atoms with Crippen LogP contribution >= 0.6 is 0 Å². The van der Waals surface area contributed by atoms with Gasteiger partial charge in [0.25, 0.3) is 0 Å². The van der Waals surface area contributed by atoms with E-state index in [-0.39, 0.29) is 17.6 Å². The van der Waals surface area contributed by atoms with Crippen LogP contribution in [0.2, 0.25) is 0 Å². The SMILES string of the molecule is O=C(O)/C=C/C1CC1(c1ccc(F)cc1)c1ccc(F)cc1. The van der Waals surface area contributed by atoms with E-state index in [0.717, 1.165) is 17.2 Å². The van der Waals surface area contributed by atoms with Gasteiger partial charge in [0.2, 0.25) is 0 Å². The van der Waals surface area contributed by atoms with Crippen molar-refractivity contribution >= 4 is 5.97 Å². The quantitative estimate of drug-likeness (QED) is 0.869. The summed E-state index contributed by atoms with van der Waals surface area (Å²) in [5.41, 5.74) is 1.40. The highest BCUT2D eigenvalue weighted by atomic mass is 19.1. The van der Waals surface area contributed by atoms with Crippen molar-refractivity contribution in [1.29, 1.82) is 0 Å². The Kier molecular flexibility index (Phi) is 3.53. The number of hydrogen-bond acceptors (Lipinski definition) is 1. The van der Waals surface area contributed by atoms with Crippen molar-refractivity contribution in [3.05, 3.63) is 83.4 Å². The topological polar surface area (TPSA) is 37.3 Å². The van der Waals surface area contributed by atoms with E-state index >= 15 is 0 Å². The Morgan fingerprint density at radius 3 is 1.86 bits per heavy atom. The molecule has 0 saturated heterocycles. The van der Waals surface area contributed by atoms with E-state index in [1.54, 1.807) is 30.3 Å². The van der Waals surface area contributed by atoms with Gasteiger partial charge in [0.05, 0.1) is 0 Å². The summed E-state index contributed by atoms with van der Waals surface area (Å²) in [5, 5.41) is 8.79. The molecule has 112 valence electrons. The molecule has 4 heteroatoms. The number of rotatable bonds is 4. The molecule has 1 aliphatic rings. The van der Waals surface area contributed by atoms with E-state index < -0.39 is 11.4 Å². The summed E-state index contributed by atoms with van der Waals surface area (Å²) >= 11 is 0. The molecule has 1 aliphatic carbocycles. The average Bonchev–Trinajstić information content (AvgIpc) is 3.22. The first-order chi connectivity index (χ1) is 10.5. The number of halogens is 2. The van der Waals surface area contributed by atoms with Crippen LogP contribution in [0.25, 0.3) is 0 Å². The Morgan fingerprint density at radius 2 is 1.45 bits per heavy atom. The second-order valence-corrected chi connectivity index (χ2v) is 5.49. The van der Waals surface area contributed by atoms with Gasteiger partial charge in [0.1, 0.15) is 11.6 Å². The van der Waals surface area contributed by atoms with Crippen LogP contribution in [0.15, 0.2) is 60.7 Å². The van der Waals surface area contributed by atoms with Crippen LogP contribution in [0.5, 0.6) is 0 Å². The molecule has 22 heavy (non-hydrogen) atoms. The van der Waals surface area contributed by atoms with Gasteiger partial charge in [-0.2, -0.15) is 0 Å². The van der Waals surface area contributed by atoms with Gasteiger partial charge < -0.3 is 5.11 Å². The summed E-state index contributed by atoms with van der Waals surface area (Å²) in [6.07, 6.45) is 3.49. The number of allylic oxidation sites excluding steroid dienone is 1. The molecule has 0 aliphatic heterocycles. The molecule has 1 saturated carbocycles. The maximum Gasteiger partial charge on any atom is 0.327 e. The fourth-order valence-corrected chi connectivity index (χ4v) is 3.04. The molecular weight excluding hydrogens is 286 g/mol. The van der Waals surface area contributed by atoms with E-state index in [2.05, 4.69) is 0 Å². The van der Waals surface area contributed by atoms with Gasteiger partial charge >= 0.3 is 5.97 Å². The fourth-order valence-electron chi connectivity index (χ4n) is 3.04. The monoisotopic (exact) mass is 300 g/mol. The van der Waals surface area contributed by atoms with Crippen molar-refractivity contribution in [2.75, 3.05) is 0 Å². The minimum Gasteiger partial charge on any atom is -0.478 e. The normalized spacial score (nSPS) is 19.3. The molecule has 0 radical (unpaired) electrons. The van der Waals surface area contributed by atoms with Gasteiger partial charge in [-0.1, -0.05) is 30.3 Å². The first-order valence-corrected chi connectivity index (χ1v) is 6.95. The highest BCUT2D eigenvalue weighted by molar-refractivity contribution is 5.80. The zero-order valence-electron chi connectivity index (χ0n) is 11.7. The first-order valence-electron chi connectivity index (χ1n) is 6.95. The summed E-state index contributed by atoms with van der Waals surface area (Å²) in [4.78, 5) is 10.7. The van der Waals surface area contributed by atoms with E-state index in [0.29, 0.717) is 6.42 Å². The Labute approximate surface area is 126 Å². The molecule has 1 N–H and O–H groups in total. The van der Waals surface area contributed by atoms with Crippen LogP contribution in [0, 0.1) is 17.6 Å². The summed E-state index contributed by atoms with van der Waals surface area (Å²) in [6, 6.07) is 12.3. The highest BCUT2D eigenvalue weighted by Crippen LogP contribution is 2.59. The second kappa shape index (κ2) is 5.37. The van der Waals surface area contributed by atoms with E-state index in [1.165, 1.54) is 24.3 Å². The van der Waals surface area contributed by atoms with Crippen LogP contribution in [0.3, 0.4) is 0 Å². The van der Waals surface area contributed by atoms with E-state index in [9.17, 15) is 13.6 Å². The van der Waals surface area contributed by atoms with Crippen molar-refractivity contribution in [2.24, 2.45) is 5.92 Å². The van der Waals surface area contributed by atoms with Crippen LogP contribution in [0.4, 0.5) is 8.78 Å². The molecule has 2 aromatic carbocycles. The summed E-state index contributed by atoms with van der Waals surface area (Å²) in [7, 11) is 0. The molecule has 0 aromatic heterocycles. The van der Waals surface area contributed by atoms with E-state index in [4.69, 9.17) is 5.11 Å². The molecular formula is C18H14F2O2. The van der Waals surface area contributed by atoms with Gasteiger partial charge in [0.15, 0.2) is 0 Å². The zero-order chi connectivity index (χ0) is 15.7. The Morgan fingerprint density at radius 1 is 1.00 bits per heavy atom. The van der Waals surface area contributed by atoms with Crippen molar-refractivity contribution in [3.63, 3.8) is 0 Å². The molecule has 1 atom stereocenters. The van der Waals surface area contributed by atoms with Gasteiger partial charge in [-0.15, -0.1) is 0 Å². The molecule has 0 spiro atoms. The Balaban J connectivity index is 2.02. The van der Waals surface area contributed by atoms with Crippen LogP contribution in [-0.2, 0) is 10.2 Å². The molecule has 2 nitrogen and oxygen atoms in total. The van der Waals surface area contributed by atoms with E-state index in [1.807, 2.05) is 0 Å². The van der Waals surface area contributed by atoms with Crippen LogP contribution in [-0.4, -0.2) is 11.1 Å². The number of aliphatic carboxylic acids is 1. The Hall–Kier alpha value is -2.49. The number of benzene rings is 2. The van der Waals surface area contributed by atoms with Crippen molar-refractivity contribution in [2.45, 2.75) is 11.8 Å². The van der Waals surface area contributed by atoms with Gasteiger partial charge in [-0.3, -0.25) is 0 Å². The third kappa shape index (κ3) is 2.52. The maximum absolute atomic E-state index is 13.2. The molecule has 0 amide bonds. The number of carboxylic acids is 1. The lowest BCUT2D eigenvalue weighted by Gasteiger charge is -2.18. The molecule has 2 aromatic rings. The first kappa shape index (κ1) is 14.4. The third-order valence-corrected chi connectivity index (χ3v) is 4.20. The van der Waals surface area contributed by atoms with Crippen molar-refractivity contribution < 1.29 is 18.7 Å². The lowest BCUT2D eigenvalue weighted by atomic mass is 9.85.